The van der Waals surface area contributed by atoms with E-state index in [9.17, 15) is 4.79 Å². The maximum atomic E-state index is 11.3. The molecule has 3 heteroatoms. The lowest BCUT2D eigenvalue weighted by atomic mass is 10.2. The van der Waals surface area contributed by atoms with Crippen LogP contribution in [0.15, 0.2) is 0 Å². The third-order valence-electron chi connectivity index (χ3n) is 2.79. The van der Waals surface area contributed by atoms with Gasteiger partial charge in [0, 0.05) is 12.1 Å². The molecule has 0 aliphatic heterocycles. The molecule has 1 atom stereocenters. The molecular formula is C11H21NO2. The van der Waals surface area contributed by atoms with Crippen LogP contribution in [0.25, 0.3) is 0 Å². The van der Waals surface area contributed by atoms with Crippen molar-refractivity contribution >= 4 is 5.97 Å². The zero-order valence-electron chi connectivity index (χ0n) is 9.45. The van der Waals surface area contributed by atoms with Crippen molar-refractivity contribution in [3.8, 4) is 0 Å². The second kappa shape index (κ2) is 5.35. The number of hydrogen-bond acceptors (Lipinski definition) is 3. The van der Waals surface area contributed by atoms with E-state index in [-0.39, 0.29) is 5.97 Å². The fourth-order valence-corrected chi connectivity index (χ4v) is 1.64. The summed E-state index contributed by atoms with van der Waals surface area (Å²) in [6, 6.07) is 1.13. The van der Waals surface area contributed by atoms with Gasteiger partial charge in [0.25, 0.3) is 0 Å². The number of carbonyl (C=O) groups is 1. The van der Waals surface area contributed by atoms with Crippen LogP contribution in [0, 0.1) is 0 Å². The molecule has 1 fully saturated rings. The highest BCUT2D eigenvalue weighted by Crippen LogP contribution is 2.29. The lowest BCUT2D eigenvalue weighted by molar-refractivity contribution is -0.145. The highest BCUT2D eigenvalue weighted by Gasteiger charge is 2.32. The Labute approximate surface area is 86.4 Å². The molecule has 1 unspecified atom stereocenters. The quantitative estimate of drug-likeness (QED) is 0.611. The highest BCUT2D eigenvalue weighted by molar-refractivity contribution is 5.71. The van der Waals surface area contributed by atoms with Gasteiger partial charge >= 0.3 is 5.97 Å². The molecule has 0 bridgehead atoms. The van der Waals surface area contributed by atoms with E-state index in [1.807, 2.05) is 6.92 Å². The van der Waals surface area contributed by atoms with Crippen molar-refractivity contribution in [2.75, 3.05) is 13.2 Å². The zero-order valence-corrected chi connectivity index (χ0v) is 9.45. The normalized spacial score (nSPS) is 18.3. The summed E-state index contributed by atoms with van der Waals surface area (Å²) in [5.74, 6) is -0.0836. The Kier molecular flexibility index (Phi) is 4.39. The minimum absolute atomic E-state index is 0.0836. The van der Waals surface area contributed by atoms with E-state index < -0.39 is 0 Å². The Morgan fingerprint density at radius 1 is 1.50 bits per heavy atom. The Balaban J connectivity index is 2.38. The van der Waals surface area contributed by atoms with Crippen LogP contribution in [0.5, 0.6) is 0 Å². The van der Waals surface area contributed by atoms with Crippen molar-refractivity contribution in [3.05, 3.63) is 0 Å². The molecule has 1 aliphatic carbocycles. The van der Waals surface area contributed by atoms with Gasteiger partial charge < -0.3 is 4.74 Å². The number of rotatable bonds is 6. The molecule has 1 aliphatic rings. The molecule has 0 spiro atoms. The molecule has 14 heavy (non-hydrogen) atoms. The first-order valence-corrected chi connectivity index (χ1v) is 5.60. The summed E-state index contributed by atoms with van der Waals surface area (Å²) in [4.78, 5) is 13.6. The van der Waals surface area contributed by atoms with E-state index in [0.717, 1.165) is 6.42 Å². The number of nitrogens with zero attached hydrogens (tertiary/aromatic N) is 1. The maximum Gasteiger partial charge on any atom is 0.320 e. The molecule has 0 heterocycles. The topological polar surface area (TPSA) is 29.5 Å². The number of ether oxygens (including phenoxy) is 1. The van der Waals surface area contributed by atoms with Crippen LogP contribution >= 0.6 is 0 Å². The molecule has 0 aromatic heterocycles. The molecule has 1 saturated carbocycles. The smallest absolute Gasteiger partial charge is 0.320 e. The molecule has 0 aromatic rings. The van der Waals surface area contributed by atoms with Gasteiger partial charge in [-0.05, 0) is 33.1 Å². The van der Waals surface area contributed by atoms with Gasteiger partial charge in [-0.15, -0.1) is 0 Å². The van der Waals surface area contributed by atoms with Gasteiger partial charge in [0.2, 0.25) is 0 Å². The molecule has 0 N–H and O–H groups in total. The second-order valence-electron chi connectivity index (χ2n) is 3.97. The summed E-state index contributed by atoms with van der Waals surface area (Å²) in [6.07, 6.45) is 3.57. The predicted molar refractivity (Wildman–Crippen MR) is 56.1 cm³/mol. The van der Waals surface area contributed by atoms with Crippen molar-refractivity contribution in [1.29, 1.82) is 0 Å². The first-order chi connectivity index (χ1) is 6.69. The molecular weight excluding hydrogens is 178 g/mol. The van der Waals surface area contributed by atoms with E-state index in [4.69, 9.17) is 4.74 Å². The van der Waals surface area contributed by atoms with Gasteiger partial charge in [-0.1, -0.05) is 6.92 Å². The maximum absolute atomic E-state index is 11.3. The third kappa shape index (κ3) is 3.29. The van der Waals surface area contributed by atoms with E-state index in [2.05, 4.69) is 18.7 Å². The summed E-state index contributed by atoms with van der Waals surface area (Å²) in [5, 5.41) is 0. The lowest BCUT2D eigenvalue weighted by Gasteiger charge is -2.27. The van der Waals surface area contributed by atoms with Gasteiger partial charge in [0.05, 0.1) is 13.2 Å². The van der Waals surface area contributed by atoms with Crippen molar-refractivity contribution in [1.82, 2.24) is 4.90 Å². The zero-order chi connectivity index (χ0) is 10.6. The monoisotopic (exact) mass is 199 g/mol. The predicted octanol–water partition coefficient (Wildman–Crippen LogP) is 1.81. The van der Waals surface area contributed by atoms with Gasteiger partial charge in [-0.2, -0.15) is 0 Å². The average Bonchev–Trinajstić information content (AvgIpc) is 2.97. The van der Waals surface area contributed by atoms with Crippen molar-refractivity contribution in [2.24, 2.45) is 0 Å². The summed E-state index contributed by atoms with van der Waals surface area (Å²) in [7, 11) is 0. The first kappa shape index (κ1) is 11.5. The Morgan fingerprint density at radius 3 is 2.57 bits per heavy atom. The number of esters is 1. The van der Waals surface area contributed by atoms with Gasteiger partial charge in [-0.3, -0.25) is 9.69 Å². The minimum atomic E-state index is -0.0836. The Bertz CT molecular complexity index is 190. The fraction of sp³-hybridized carbons (Fsp3) is 0.909. The molecule has 0 aromatic carbocycles. The number of hydrogen-bond donors (Lipinski definition) is 0. The van der Waals surface area contributed by atoms with Crippen LogP contribution in [0.1, 0.15) is 40.0 Å². The van der Waals surface area contributed by atoms with Crippen LogP contribution in [-0.2, 0) is 9.53 Å². The highest BCUT2D eigenvalue weighted by atomic mass is 16.5. The van der Waals surface area contributed by atoms with Crippen LogP contribution in [0.2, 0.25) is 0 Å². The van der Waals surface area contributed by atoms with E-state index >= 15 is 0 Å². The van der Waals surface area contributed by atoms with Crippen molar-refractivity contribution < 1.29 is 9.53 Å². The standard InChI is InChI=1S/C11H21NO2/c1-4-9(3)12(10-6-7-10)8-11(13)14-5-2/h9-10H,4-8H2,1-3H3. The number of carbonyl (C=O) groups excluding carboxylic acids is 1. The molecule has 0 amide bonds. The second-order valence-corrected chi connectivity index (χ2v) is 3.97. The summed E-state index contributed by atoms with van der Waals surface area (Å²) < 4.78 is 4.96. The van der Waals surface area contributed by atoms with Gasteiger partial charge in [0.1, 0.15) is 0 Å². The van der Waals surface area contributed by atoms with Crippen LogP contribution < -0.4 is 0 Å². The van der Waals surface area contributed by atoms with Gasteiger partial charge in [-0.25, -0.2) is 0 Å². The molecule has 3 nitrogen and oxygen atoms in total. The molecule has 0 saturated heterocycles. The van der Waals surface area contributed by atoms with E-state index in [0.29, 0.717) is 25.2 Å². The molecule has 1 rings (SSSR count). The van der Waals surface area contributed by atoms with Crippen LogP contribution in [-0.4, -0.2) is 36.1 Å². The molecule has 0 radical (unpaired) electrons. The minimum Gasteiger partial charge on any atom is -0.465 e. The fourth-order valence-electron chi connectivity index (χ4n) is 1.64. The van der Waals surface area contributed by atoms with Crippen LogP contribution in [0.3, 0.4) is 0 Å². The Morgan fingerprint density at radius 2 is 2.14 bits per heavy atom. The van der Waals surface area contributed by atoms with Crippen molar-refractivity contribution in [2.45, 2.75) is 52.1 Å². The SMILES string of the molecule is CCOC(=O)CN(C(C)CC)C1CC1. The summed E-state index contributed by atoms with van der Waals surface area (Å²) in [5.41, 5.74) is 0. The average molecular weight is 199 g/mol. The summed E-state index contributed by atoms with van der Waals surface area (Å²) >= 11 is 0. The molecule has 82 valence electrons. The lowest BCUT2D eigenvalue weighted by Crippen LogP contribution is -2.39. The van der Waals surface area contributed by atoms with E-state index in [1.165, 1.54) is 12.8 Å². The summed E-state index contributed by atoms with van der Waals surface area (Å²) in [6.45, 7) is 7.14. The Hall–Kier alpha value is -0.570. The third-order valence-corrected chi connectivity index (χ3v) is 2.79. The van der Waals surface area contributed by atoms with Crippen LogP contribution in [0.4, 0.5) is 0 Å². The van der Waals surface area contributed by atoms with Gasteiger partial charge in [0.15, 0.2) is 0 Å². The first-order valence-electron chi connectivity index (χ1n) is 5.60. The largest absolute Gasteiger partial charge is 0.465 e. The van der Waals surface area contributed by atoms with Crippen molar-refractivity contribution in [3.63, 3.8) is 0 Å². The van der Waals surface area contributed by atoms with E-state index in [1.54, 1.807) is 0 Å².